The van der Waals surface area contributed by atoms with E-state index in [4.69, 9.17) is 16.2 Å². The van der Waals surface area contributed by atoms with Crippen LogP contribution in [-0.2, 0) is 36.8 Å². The van der Waals surface area contributed by atoms with Gasteiger partial charge < -0.3 is 37.1 Å². The number of H-pyrrole nitrogens is 1. The van der Waals surface area contributed by atoms with E-state index in [0.717, 1.165) is 32.9 Å². The van der Waals surface area contributed by atoms with Crippen molar-refractivity contribution in [3.05, 3.63) is 59.7 Å². The number of benzene rings is 2. The van der Waals surface area contributed by atoms with Gasteiger partial charge in [-0.25, -0.2) is 4.79 Å². The molecular formula is C30H37N7O5. The highest BCUT2D eigenvalue weighted by Crippen LogP contribution is 2.28. The van der Waals surface area contributed by atoms with E-state index in [0.29, 0.717) is 12.8 Å². The van der Waals surface area contributed by atoms with E-state index < -0.39 is 35.9 Å². The zero-order valence-electron chi connectivity index (χ0n) is 23.7. The number of nitrogens with two attached hydrogens (primary N) is 2. The molecule has 4 bridgehead atoms. The summed E-state index contributed by atoms with van der Waals surface area (Å²) in [5, 5.41) is 10.2. The summed E-state index contributed by atoms with van der Waals surface area (Å²) in [7, 11) is 1.25. The Hall–Kier alpha value is -4.87. The van der Waals surface area contributed by atoms with Gasteiger partial charge in [0.15, 0.2) is 5.96 Å². The van der Waals surface area contributed by atoms with Gasteiger partial charge in [-0.3, -0.25) is 19.4 Å². The molecule has 1 unspecified atom stereocenters. The van der Waals surface area contributed by atoms with Crippen LogP contribution in [-0.4, -0.2) is 66.4 Å². The zero-order valence-corrected chi connectivity index (χ0v) is 23.7. The number of amides is 3. The highest BCUT2D eigenvalue weighted by atomic mass is 16.5. The molecule has 0 spiro atoms. The summed E-state index contributed by atoms with van der Waals surface area (Å²) in [4.78, 5) is 58.9. The van der Waals surface area contributed by atoms with Gasteiger partial charge in [0.05, 0.1) is 7.11 Å². The standard InChI is InChI=1S/C30H37N7O5/c1-17(38)34-26-16-19-10-12-23-21(15-19)20-14-18(9-11-22(20)35-23)6-3-4-7-25(29(41)42-2)37-27(39)24(36-28(26)40)8-5-13-33-30(31)32/h3-4,9-12,14-15,24-26,35H,5-8,13,16H2,1-2H3,(H,34,38)(H,36,40)(H,37,39)(H4,31,32,33)/b4-3-/t24-,25+,26?/m1/s1. The maximum Gasteiger partial charge on any atom is 0.328 e. The van der Waals surface area contributed by atoms with Gasteiger partial charge in [0.2, 0.25) is 17.7 Å². The van der Waals surface area contributed by atoms with Gasteiger partial charge >= 0.3 is 5.97 Å². The molecule has 1 aromatic heterocycles. The minimum absolute atomic E-state index is 0.0840. The van der Waals surface area contributed by atoms with E-state index in [9.17, 15) is 19.2 Å². The summed E-state index contributed by atoms with van der Waals surface area (Å²) in [5.74, 6) is -2.19. The minimum atomic E-state index is -1.02. The fraction of sp³-hybridized carbons (Fsp3) is 0.367. The normalized spacial score (nSPS) is 20.5. The number of rotatable bonds is 6. The predicted octanol–water partition coefficient (Wildman–Crippen LogP) is 1.07. The van der Waals surface area contributed by atoms with Crippen LogP contribution in [0.3, 0.4) is 0 Å². The second-order valence-electron chi connectivity index (χ2n) is 10.3. The van der Waals surface area contributed by atoms with Crippen molar-refractivity contribution in [2.45, 2.75) is 57.2 Å². The molecule has 0 fully saturated rings. The number of carbonyl (C=O) groups is 4. The lowest BCUT2D eigenvalue weighted by Crippen LogP contribution is -2.56. The number of aromatic amines is 1. The Kier molecular flexibility index (Phi) is 9.79. The van der Waals surface area contributed by atoms with E-state index in [1.807, 2.05) is 42.5 Å². The Balaban J connectivity index is 1.72. The Morgan fingerprint density at radius 1 is 1.00 bits per heavy atom. The van der Waals surface area contributed by atoms with Gasteiger partial charge in [0, 0.05) is 41.7 Å². The number of guanidine groups is 1. The third-order valence-corrected chi connectivity index (χ3v) is 7.13. The largest absolute Gasteiger partial charge is 0.467 e. The van der Waals surface area contributed by atoms with Gasteiger partial charge in [-0.15, -0.1) is 0 Å². The molecule has 8 N–H and O–H groups in total. The lowest BCUT2D eigenvalue weighted by atomic mass is 10.0. The Labute approximate surface area is 243 Å². The molecule has 0 radical (unpaired) electrons. The van der Waals surface area contributed by atoms with Crippen molar-refractivity contribution in [2.24, 2.45) is 16.5 Å². The first-order valence-electron chi connectivity index (χ1n) is 13.8. The number of nitrogens with one attached hydrogen (secondary N) is 4. The Morgan fingerprint density at radius 2 is 1.69 bits per heavy atom. The summed E-state index contributed by atoms with van der Waals surface area (Å²) >= 11 is 0. The Morgan fingerprint density at radius 3 is 2.36 bits per heavy atom. The maximum atomic E-state index is 13.5. The van der Waals surface area contributed by atoms with Gasteiger partial charge in [-0.2, -0.15) is 0 Å². The molecule has 222 valence electrons. The molecule has 2 aromatic carbocycles. The zero-order chi connectivity index (χ0) is 30.2. The van der Waals surface area contributed by atoms with Crippen molar-refractivity contribution in [2.75, 3.05) is 13.7 Å². The topological polar surface area (TPSA) is 194 Å². The molecule has 1 aliphatic heterocycles. The summed E-state index contributed by atoms with van der Waals surface area (Å²) < 4.78 is 4.92. The van der Waals surface area contributed by atoms with E-state index in [1.54, 1.807) is 0 Å². The van der Waals surface area contributed by atoms with Crippen LogP contribution in [0.5, 0.6) is 0 Å². The number of fused-ring (bicyclic) bond motifs is 2. The number of hydrogen-bond acceptors (Lipinski definition) is 6. The van der Waals surface area contributed by atoms with Crippen LogP contribution in [0, 0.1) is 0 Å². The number of aliphatic imine (C=N–C) groups is 1. The Bertz CT molecular complexity index is 1540. The fourth-order valence-corrected chi connectivity index (χ4v) is 5.06. The van der Waals surface area contributed by atoms with Crippen molar-refractivity contribution in [3.63, 3.8) is 0 Å². The number of carbonyl (C=O) groups excluding carboxylic acids is 4. The van der Waals surface area contributed by atoms with Crippen molar-refractivity contribution in [1.82, 2.24) is 20.9 Å². The van der Waals surface area contributed by atoms with Crippen LogP contribution in [0.25, 0.3) is 21.8 Å². The molecule has 1 aliphatic rings. The summed E-state index contributed by atoms with van der Waals surface area (Å²) in [5.41, 5.74) is 14.7. The van der Waals surface area contributed by atoms with Crippen LogP contribution >= 0.6 is 0 Å². The number of nitrogens with zero attached hydrogens (tertiary/aromatic N) is 1. The maximum absolute atomic E-state index is 13.5. The van der Waals surface area contributed by atoms with Crippen molar-refractivity contribution in [3.8, 4) is 0 Å². The third-order valence-electron chi connectivity index (χ3n) is 7.13. The first-order valence-corrected chi connectivity index (χ1v) is 13.8. The molecule has 4 rings (SSSR count). The van der Waals surface area contributed by atoms with Crippen LogP contribution < -0.4 is 27.4 Å². The minimum Gasteiger partial charge on any atom is -0.467 e. The molecule has 12 heteroatoms. The molecule has 42 heavy (non-hydrogen) atoms. The average Bonchev–Trinajstić information content (AvgIpc) is 3.31. The van der Waals surface area contributed by atoms with Gasteiger partial charge in [-0.05, 0) is 61.1 Å². The molecule has 3 amide bonds. The third kappa shape index (κ3) is 7.65. The fourth-order valence-electron chi connectivity index (χ4n) is 5.06. The highest BCUT2D eigenvalue weighted by Gasteiger charge is 2.29. The van der Waals surface area contributed by atoms with Gasteiger partial charge in [0.25, 0.3) is 0 Å². The van der Waals surface area contributed by atoms with Crippen molar-refractivity contribution in [1.29, 1.82) is 0 Å². The summed E-state index contributed by atoms with van der Waals surface area (Å²) in [6, 6.07) is 9.10. The molecule has 2 heterocycles. The average molecular weight is 576 g/mol. The number of esters is 1. The predicted molar refractivity (Wildman–Crippen MR) is 160 cm³/mol. The number of ether oxygens (including phenoxy) is 1. The number of hydrogen-bond donors (Lipinski definition) is 6. The first kappa shape index (κ1) is 30.1. The molecule has 0 aliphatic carbocycles. The lowest BCUT2D eigenvalue weighted by molar-refractivity contribution is -0.145. The SMILES string of the molecule is COC(=O)[C@@H]1C/C=C\Cc2ccc3[nH]c4ccc(cc4c3c2)CC(NC(C)=O)C(=O)N[C@H](CCCN=C(N)N)C(=O)N1. The summed E-state index contributed by atoms with van der Waals surface area (Å²) in [6.07, 6.45) is 5.34. The van der Waals surface area contributed by atoms with E-state index in [-0.39, 0.29) is 37.7 Å². The van der Waals surface area contributed by atoms with Crippen molar-refractivity contribution < 1.29 is 23.9 Å². The molecular weight excluding hydrogens is 538 g/mol. The monoisotopic (exact) mass is 575 g/mol. The van der Waals surface area contributed by atoms with Gasteiger partial charge in [0.1, 0.15) is 18.1 Å². The van der Waals surface area contributed by atoms with Gasteiger partial charge in [-0.1, -0.05) is 24.3 Å². The van der Waals surface area contributed by atoms with Crippen LogP contribution in [0.2, 0.25) is 0 Å². The molecule has 3 aromatic rings. The second kappa shape index (κ2) is 13.7. The molecule has 3 atom stereocenters. The van der Waals surface area contributed by atoms with Crippen molar-refractivity contribution >= 4 is 51.5 Å². The molecule has 12 nitrogen and oxygen atoms in total. The van der Waals surface area contributed by atoms with Crippen LogP contribution in [0.4, 0.5) is 0 Å². The summed E-state index contributed by atoms with van der Waals surface area (Å²) in [6.45, 7) is 1.57. The molecule has 0 saturated heterocycles. The number of allylic oxidation sites excluding steroid dienone is 1. The number of aromatic nitrogens is 1. The van der Waals surface area contributed by atoms with E-state index in [2.05, 4.69) is 32.0 Å². The number of methoxy groups -OCH3 is 1. The van der Waals surface area contributed by atoms with E-state index in [1.165, 1.54) is 14.0 Å². The first-order chi connectivity index (χ1) is 20.1. The molecule has 0 saturated carbocycles. The van der Waals surface area contributed by atoms with E-state index >= 15 is 0 Å². The van der Waals surface area contributed by atoms with Crippen LogP contribution in [0.15, 0.2) is 53.5 Å². The van der Waals surface area contributed by atoms with Crippen LogP contribution in [0.1, 0.15) is 37.3 Å². The quantitative estimate of drug-likeness (QED) is 0.0831. The smallest absolute Gasteiger partial charge is 0.328 e. The highest BCUT2D eigenvalue weighted by molar-refractivity contribution is 6.07. The lowest BCUT2D eigenvalue weighted by Gasteiger charge is -2.24. The second-order valence-corrected chi connectivity index (χ2v) is 10.3.